The Bertz CT molecular complexity index is 216. The van der Waals surface area contributed by atoms with Crippen LogP contribution in [0.4, 0.5) is 8.78 Å². The molecule has 1 aliphatic rings. The summed E-state index contributed by atoms with van der Waals surface area (Å²) in [6.45, 7) is 3.05. The predicted molar refractivity (Wildman–Crippen MR) is 45.5 cm³/mol. The lowest BCUT2D eigenvalue weighted by atomic mass is 9.62. The molecule has 0 heterocycles. The van der Waals surface area contributed by atoms with Gasteiger partial charge in [-0.15, -0.1) is 0 Å². The second-order valence-electron chi connectivity index (χ2n) is 4.19. The molecule has 0 spiro atoms. The first kappa shape index (κ1) is 10.6. The molecular weight excluding hydrogens is 178 g/mol. The summed E-state index contributed by atoms with van der Waals surface area (Å²) in [5.74, 6) is -2.89. The number of halogens is 2. The maximum atomic E-state index is 12.6. The Hall–Kier alpha value is -0.510. The largest absolute Gasteiger partial charge is 0.395 e. The average Bonchev–Trinajstić information content (AvgIpc) is 1.97. The Labute approximate surface area is 75.9 Å². The van der Waals surface area contributed by atoms with Gasteiger partial charge < -0.3 is 5.11 Å². The van der Waals surface area contributed by atoms with Gasteiger partial charge in [-0.1, -0.05) is 13.8 Å². The van der Waals surface area contributed by atoms with Crippen molar-refractivity contribution in [2.45, 2.75) is 32.6 Å². The second kappa shape index (κ2) is 3.01. The highest BCUT2D eigenvalue weighted by Crippen LogP contribution is 2.53. The minimum atomic E-state index is -2.72. The molecule has 0 aromatic carbocycles. The molecule has 1 aliphatic carbocycles. The van der Waals surface area contributed by atoms with Crippen LogP contribution in [-0.2, 0) is 0 Å². The lowest BCUT2D eigenvalue weighted by Gasteiger charge is -2.42. The van der Waals surface area contributed by atoms with Crippen molar-refractivity contribution in [1.29, 1.82) is 0 Å². The van der Waals surface area contributed by atoms with E-state index >= 15 is 0 Å². The fourth-order valence-corrected chi connectivity index (χ4v) is 1.92. The molecule has 0 aliphatic heterocycles. The number of ketones is 1. The molecule has 2 N–H and O–H groups in total. The van der Waals surface area contributed by atoms with Gasteiger partial charge in [-0.3, -0.25) is 4.79 Å². The van der Waals surface area contributed by atoms with Crippen molar-refractivity contribution in [1.82, 2.24) is 0 Å². The van der Waals surface area contributed by atoms with Crippen molar-refractivity contribution >= 4 is 5.78 Å². The zero-order chi connectivity index (χ0) is 10.3. The van der Waals surface area contributed by atoms with E-state index in [4.69, 9.17) is 5.11 Å². The number of rotatable bonds is 3. The van der Waals surface area contributed by atoms with Crippen LogP contribution >= 0.6 is 0 Å². The average molecular weight is 193 g/mol. The van der Waals surface area contributed by atoms with Crippen molar-refractivity contribution < 1.29 is 18.7 Å². The standard InChI is InChI=1S/C9H14F2O2/c1-6(2)7(13)8(5-12)3-9(10,11)4-8/h6,12H,3-5H2,1-2H3/p+1. The summed E-state index contributed by atoms with van der Waals surface area (Å²) >= 11 is 0. The van der Waals surface area contributed by atoms with Crippen molar-refractivity contribution in [3.05, 3.63) is 0 Å². The zero-order valence-electron chi connectivity index (χ0n) is 7.85. The molecule has 0 bridgehead atoms. The minimum Gasteiger partial charge on any atom is -0.395 e. The second-order valence-corrected chi connectivity index (χ2v) is 4.19. The van der Waals surface area contributed by atoms with Crippen molar-refractivity contribution in [2.24, 2.45) is 11.3 Å². The van der Waals surface area contributed by atoms with E-state index in [-0.39, 0.29) is 11.7 Å². The van der Waals surface area contributed by atoms with E-state index in [0.29, 0.717) is 0 Å². The van der Waals surface area contributed by atoms with Crippen molar-refractivity contribution in [3.8, 4) is 0 Å². The number of aliphatic hydroxyl groups is 1. The van der Waals surface area contributed by atoms with E-state index in [1.807, 2.05) is 0 Å². The summed E-state index contributed by atoms with van der Waals surface area (Å²) in [5.41, 5.74) is -1.04. The summed E-state index contributed by atoms with van der Waals surface area (Å²) in [4.78, 5) is 9.55. The lowest BCUT2D eigenvalue weighted by molar-refractivity contribution is -0.149. The molecule has 0 amide bonds. The maximum Gasteiger partial charge on any atom is 0.304 e. The van der Waals surface area contributed by atoms with Gasteiger partial charge in [-0.25, -0.2) is 8.78 Å². The van der Waals surface area contributed by atoms with E-state index in [1.165, 1.54) is 0 Å². The van der Waals surface area contributed by atoms with Crippen LogP contribution in [0.2, 0.25) is 0 Å². The quantitative estimate of drug-likeness (QED) is 0.679. The number of alkyl halides is 2. The fraction of sp³-hybridized carbons (Fsp3) is 0.889. The molecule has 0 unspecified atom stereocenters. The zero-order valence-corrected chi connectivity index (χ0v) is 7.85. The summed E-state index contributed by atoms with van der Waals surface area (Å²) in [6, 6.07) is 0. The van der Waals surface area contributed by atoms with E-state index in [1.54, 1.807) is 13.8 Å². The molecule has 1 fully saturated rings. The molecule has 76 valence electrons. The van der Waals surface area contributed by atoms with Gasteiger partial charge in [-0.05, 0) is 0 Å². The number of hydrogen-bond donors (Lipinski definition) is 1. The van der Waals surface area contributed by atoms with Gasteiger partial charge in [0.05, 0.1) is 12.5 Å². The molecule has 4 heteroatoms. The van der Waals surface area contributed by atoms with Crippen molar-refractivity contribution in [2.75, 3.05) is 6.61 Å². The maximum absolute atomic E-state index is 12.6. The van der Waals surface area contributed by atoms with Crippen LogP contribution < -0.4 is 0 Å². The normalized spacial score (nSPS) is 24.2. The fourth-order valence-electron chi connectivity index (χ4n) is 1.92. The van der Waals surface area contributed by atoms with Crippen LogP contribution in [0, 0.1) is 11.3 Å². The van der Waals surface area contributed by atoms with Gasteiger partial charge in [-0.2, -0.15) is 0 Å². The van der Waals surface area contributed by atoms with Gasteiger partial charge in [0.2, 0.25) is 0 Å². The van der Waals surface area contributed by atoms with Gasteiger partial charge in [0, 0.05) is 12.8 Å². The highest BCUT2D eigenvalue weighted by atomic mass is 19.3. The van der Waals surface area contributed by atoms with Gasteiger partial charge >= 0.3 is 5.78 Å². The Balaban J connectivity index is 2.71. The summed E-state index contributed by atoms with van der Waals surface area (Å²) in [6.07, 6.45) is -0.860. The first-order valence-electron chi connectivity index (χ1n) is 4.38. The Morgan fingerprint density at radius 1 is 1.46 bits per heavy atom. The molecule has 0 atom stereocenters. The SMILES string of the molecule is CC(C)C(=[OH+])C1(CO)CC(F)(F)C1. The molecule has 1 rings (SSSR count). The van der Waals surface area contributed by atoms with E-state index in [2.05, 4.69) is 0 Å². The van der Waals surface area contributed by atoms with E-state index in [9.17, 15) is 13.6 Å². The number of carbonyl (C=O) groups excluding carboxylic acids is 1. The highest BCUT2D eigenvalue weighted by Gasteiger charge is 2.63. The van der Waals surface area contributed by atoms with Gasteiger partial charge in [0.25, 0.3) is 5.92 Å². The molecule has 1 saturated carbocycles. The summed E-state index contributed by atoms with van der Waals surface area (Å²) < 4.78 is 25.2. The third-order valence-electron chi connectivity index (χ3n) is 2.59. The Morgan fingerprint density at radius 2 is 1.92 bits per heavy atom. The van der Waals surface area contributed by atoms with E-state index in [0.717, 1.165) is 0 Å². The first-order valence-corrected chi connectivity index (χ1v) is 4.38. The lowest BCUT2D eigenvalue weighted by Crippen LogP contribution is -2.54. The minimum absolute atomic E-state index is 0.000856. The monoisotopic (exact) mass is 193 g/mol. The third-order valence-corrected chi connectivity index (χ3v) is 2.59. The van der Waals surface area contributed by atoms with Crippen molar-refractivity contribution in [3.63, 3.8) is 0 Å². The molecule has 0 aromatic rings. The molecule has 0 aromatic heterocycles. The molecule has 0 saturated heterocycles. The van der Waals surface area contributed by atoms with Gasteiger partial charge in [0.1, 0.15) is 5.41 Å². The van der Waals surface area contributed by atoms with Gasteiger partial charge in [0.15, 0.2) is 0 Å². The van der Waals surface area contributed by atoms with E-state index < -0.39 is 30.8 Å². The molecule has 13 heavy (non-hydrogen) atoms. The number of hydrogen-bond acceptors (Lipinski definition) is 1. The summed E-state index contributed by atoms with van der Waals surface area (Å²) in [7, 11) is 0. The van der Waals surface area contributed by atoms with Crippen LogP contribution in [0.5, 0.6) is 0 Å². The first-order chi connectivity index (χ1) is 5.83. The molecule has 2 nitrogen and oxygen atoms in total. The highest BCUT2D eigenvalue weighted by molar-refractivity contribution is 5.88. The smallest absolute Gasteiger partial charge is 0.304 e. The topological polar surface area (TPSA) is 41.6 Å². The third kappa shape index (κ3) is 1.73. The molecule has 0 radical (unpaired) electrons. The predicted octanol–water partition coefficient (Wildman–Crippen LogP) is 1.60. The number of aliphatic hydroxyl groups excluding tert-OH is 1. The van der Waals surface area contributed by atoms with Crippen LogP contribution in [0.3, 0.4) is 0 Å². The van der Waals surface area contributed by atoms with Crippen LogP contribution in [0.1, 0.15) is 26.7 Å². The molecular formula is C9H15F2O2+. The van der Waals surface area contributed by atoms with Crippen LogP contribution in [0.25, 0.3) is 0 Å². The van der Waals surface area contributed by atoms with Crippen LogP contribution in [0.15, 0.2) is 0 Å². The van der Waals surface area contributed by atoms with Crippen LogP contribution in [-0.4, -0.2) is 28.2 Å². The Morgan fingerprint density at radius 3 is 2.15 bits per heavy atom. The Kier molecular flexibility index (Phi) is 2.45. The summed E-state index contributed by atoms with van der Waals surface area (Å²) in [5, 5.41) is 8.97.